The van der Waals surface area contributed by atoms with E-state index in [1.165, 1.54) is 11.1 Å². The van der Waals surface area contributed by atoms with E-state index in [2.05, 4.69) is 44.3 Å². The van der Waals surface area contributed by atoms with E-state index < -0.39 is 0 Å². The highest BCUT2D eigenvalue weighted by molar-refractivity contribution is 5.67. The fraction of sp³-hybridized carbons (Fsp3) is 0.333. The van der Waals surface area contributed by atoms with E-state index in [4.69, 9.17) is 0 Å². The van der Waals surface area contributed by atoms with Crippen LogP contribution in [0.15, 0.2) is 36.4 Å². The number of benzene rings is 2. The highest BCUT2D eigenvalue weighted by Crippen LogP contribution is 2.26. The fourth-order valence-electron chi connectivity index (χ4n) is 2.40. The van der Waals surface area contributed by atoms with Gasteiger partial charge in [-0.15, -0.1) is 0 Å². The summed E-state index contributed by atoms with van der Waals surface area (Å²) in [4.78, 5) is 0. The molecule has 2 aromatic carbocycles. The Hall–Kier alpha value is -1.67. The van der Waals surface area contributed by atoms with Gasteiger partial charge in [-0.3, -0.25) is 0 Å². The average Bonchev–Trinajstić information content (AvgIpc) is 2.41. The molecule has 106 valence electrons. The minimum Gasteiger partial charge on any atom is -0.313 e. The van der Waals surface area contributed by atoms with E-state index in [0.29, 0.717) is 6.54 Å². The minimum absolute atomic E-state index is 0.133. The zero-order valence-corrected chi connectivity index (χ0v) is 12.5. The van der Waals surface area contributed by atoms with E-state index in [0.717, 1.165) is 29.7 Å². The molecule has 0 saturated carbocycles. The van der Waals surface area contributed by atoms with Gasteiger partial charge in [0.05, 0.1) is 0 Å². The van der Waals surface area contributed by atoms with Crippen LogP contribution in [-0.2, 0) is 6.54 Å². The fourth-order valence-corrected chi connectivity index (χ4v) is 2.40. The molecule has 2 aromatic rings. The Kier molecular flexibility index (Phi) is 4.91. The molecular formula is C18H22FN. The number of rotatable bonds is 5. The number of hydrogen-bond acceptors (Lipinski definition) is 1. The molecule has 0 amide bonds. The summed E-state index contributed by atoms with van der Waals surface area (Å²) in [5.41, 5.74) is 5.18. The predicted molar refractivity (Wildman–Crippen MR) is 83.3 cm³/mol. The Balaban J connectivity index is 2.24. The molecule has 0 radical (unpaired) electrons. The highest BCUT2D eigenvalue weighted by atomic mass is 19.1. The molecule has 0 aliphatic carbocycles. The minimum atomic E-state index is -0.133. The predicted octanol–water partition coefficient (Wildman–Crippen LogP) is 4.61. The first-order valence-corrected chi connectivity index (χ1v) is 7.18. The summed E-state index contributed by atoms with van der Waals surface area (Å²) in [6.07, 6.45) is 1.06. The molecule has 0 heterocycles. The van der Waals surface area contributed by atoms with Gasteiger partial charge in [-0.25, -0.2) is 4.39 Å². The van der Waals surface area contributed by atoms with Gasteiger partial charge in [0.15, 0.2) is 0 Å². The summed E-state index contributed by atoms with van der Waals surface area (Å²) in [5, 5.41) is 3.23. The molecule has 0 bridgehead atoms. The summed E-state index contributed by atoms with van der Waals surface area (Å²) >= 11 is 0. The average molecular weight is 271 g/mol. The highest BCUT2D eigenvalue weighted by Gasteiger charge is 2.07. The summed E-state index contributed by atoms with van der Waals surface area (Å²) in [5.74, 6) is -0.133. The van der Waals surface area contributed by atoms with Crippen LogP contribution in [0.25, 0.3) is 11.1 Å². The lowest BCUT2D eigenvalue weighted by Crippen LogP contribution is -2.14. The van der Waals surface area contributed by atoms with Gasteiger partial charge in [0.25, 0.3) is 0 Å². The molecule has 1 N–H and O–H groups in total. The summed E-state index contributed by atoms with van der Waals surface area (Å²) in [7, 11) is 0. The van der Waals surface area contributed by atoms with E-state index in [1.54, 1.807) is 6.07 Å². The quantitative estimate of drug-likeness (QED) is 0.783. The second kappa shape index (κ2) is 6.67. The van der Waals surface area contributed by atoms with Gasteiger partial charge in [0, 0.05) is 12.1 Å². The monoisotopic (exact) mass is 271 g/mol. The van der Waals surface area contributed by atoms with E-state index >= 15 is 0 Å². The lowest BCUT2D eigenvalue weighted by molar-refractivity contribution is 0.587. The van der Waals surface area contributed by atoms with Crippen LogP contribution < -0.4 is 5.32 Å². The van der Waals surface area contributed by atoms with Gasteiger partial charge in [0.1, 0.15) is 5.82 Å². The van der Waals surface area contributed by atoms with E-state index in [1.807, 2.05) is 12.1 Å². The largest absolute Gasteiger partial charge is 0.313 e. The summed E-state index contributed by atoms with van der Waals surface area (Å²) in [6.45, 7) is 7.74. The molecule has 0 aliphatic heterocycles. The molecule has 0 aliphatic rings. The van der Waals surface area contributed by atoms with Crippen molar-refractivity contribution in [2.24, 2.45) is 0 Å². The van der Waals surface area contributed by atoms with Crippen LogP contribution in [-0.4, -0.2) is 6.54 Å². The summed E-state index contributed by atoms with van der Waals surface area (Å²) < 4.78 is 14.1. The van der Waals surface area contributed by atoms with Crippen LogP contribution >= 0.6 is 0 Å². The standard InChI is InChI=1S/C18H22FN/c1-4-9-20-12-16-7-6-15(11-18(16)19)17-8-5-13(2)10-14(17)3/h5-8,10-11,20H,4,9,12H2,1-3H3. The van der Waals surface area contributed by atoms with Crippen LogP contribution in [0.1, 0.15) is 30.0 Å². The maximum absolute atomic E-state index is 14.1. The molecule has 2 heteroatoms. The van der Waals surface area contributed by atoms with Crippen molar-refractivity contribution in [3.05, 3.63) is 58.9 Å². The molecule has 1 nitrogen and oxygen atoms in total. The van der Waals surface area contributed by atoms with Crippen molar-refractivity contribution in [3.63, 3.8) is 0 Å². The molecule has 0 atom stereocenters. The lowest BCUT2D eigenvalue weighted by Gasteiger charge is -2.10. The molecule has 0 spiro atoms. The van der Waals surface area contributed by atoms with Crippen LogP contribution in [0.5, 0.6) is 0 Å². The SMILES string of the molecule is CCCNCc1ccc(-c2ccc(C)cc2C)cc1F. The Labute approximate surface area is 120 Å². The van der Waals surface area contributed by atoms with Crippen molar-refractivity contribution in [1.82, 2.24) is 5.32 Å². The molecule has 0 fully saturated rings. The number of hydrogen-bond donors (Lipinski definition) is 1. The third-order valence-corrected chi connectivity index (χ3v) is 3.49. The zero-order valence-electron chi connectivity index (χ0n) is 12.5. The van der Waals surface area contributed by atoms with Crippen molar-refractivity contribution in [1.29, 1.82) is 0 Å². The van der Waals surface area contributed by atoms with Crippen molar-refractivity contribution in [3.8, 4) is 11.1 Å². The smallest absolute Gasteiger partial charge is 0.128 e. The van der Waals surface area contributed by atoms with Crippen LogP contribution in [0.3, 0.4) is 0 Å². The Morgan fingerprint density at radius 2 is 1.85 bits per heavy atom. The molecule has 0 unspecified atom stereocenters. The second-order valence-electron chi connectivity index (χ2n) is 5.30. The van der Waals surface area contributed by atoms with Gasteiger partial charge in [-0.1, -0.05) is 42.8 Å². The lowest BCUT2D eigenvalue weighted by atomic mass is 9.97. The topological polar surface area (TPSA) is 12.0 Å². The molecule has 0 aromatic heterocycles. The zero-order chi connectivity index (χ0) is 14.5. The maximum atomic E-state index is 14.1. The van der Waals surface area contributed by atoms with E-state index in [-0.39, 0.29) is 5.82 Å². The molecule has 0 saturated heterocycles. The van der Waals surface area contributed by atoms with Crippen molar-refractivity contribution in [2.75, 3.05) is 6.54 Å². The second-order valence-corrected chi connectivity index (χ2v) is 5.30. The van der Waals surface area contributed by atoms with E-state index in [9.17, 15) is 4.39 Å². The Morgan fingerprint density at radius 3 is 2.50 bits per heavy atom. The normalized spacial score (nSPS) is 10.8. The van der Waals surface area contributed by atoms with Crippen LogP contribution in [0.2, 0.25) is 0 Å². The molecule has 20 heavy (non-hydrogen) atoms. The first-order valence-electron chi connectivity index (χ1n) is 7.18. The summed E-state index contributed by atoms with van der Waals surface area (Å²) in [6, 6.07) is 11.8. The molecule has 2 rings (SSSR count). The molecular weight excluding hydrogens is 249 g/mol. The van der Waals surface area contributed by atoms with Gasteiger partial charge < -0.3 is 5.32 Å². The van der Waals surface area contributed by atoms with Crippen molar-refractivity contribution >= 4 is 0 Å². The number of nitrogens with one attached hydrogen (secondary N) is 1. The van der Waals surface area contributed by atoms with Gasteiger partial charge in [-0.2, -0.15) is 0 Å². The van der Waals surface area contributed by atoms with Gasteiger partial charge in [0.2, 0.25) is 0 Å². The third kappa shape index (κ3) is 3.45. The maximum Gasteiger partial charge on any atom is 0.128 e. The first kappa shape index (κ1) is 14.7. The Morgan fingerprint density at radius 1 is 1.05 bits per heavy atom. The third-order valence-electron chi connectivity index (χ3n) is 3.49. The number of aryl methyl sites for hydroxylation is 2. The first-order chi connectivity index (χ1) is 9.61. The Bertz CT molecular complexity index is 590. The van der Waals surface area contributed by atoms with Crippen LogP contribution in [0, 0.1) is 19.7 Å². The van der Waals surface area contributed by atoms with Gasteiger partial charge in [-0.05, 0) is 49.6 Å². The van der Waals surface area contributed by atoms with Crippen molar-refractivity contribution < 1.29 is 4.39 Å². The van der Waals surface area contributed by atoms with Crippen LogP contribution in [0.4, 0.5) is 4.39 Å². The number of halogens is 1. The van der Waals surface area contributed by atoms with Crippen molar-refractivity contribution in [2.45, 2.75) is 33.7 Å². The van der Waals surface area contributed by atoms with Gasteiger partial charge >= 0.3 is 0 Å².